The highest BCUT2D eigenvalue weighted by molar-refractivity contribution is 9.10. The third kappa shape index (κ3) is 4.26. The molecule has 0 spiro atoms. The van der Waals surface area contributed by atoms with Crippen LogP contribution in [-0.2, 0) is 0 Å². The molecule has 0 heterocycles. The number of halogens is 1. The minimum Gasteiger partial charge on any atom is -0.323 e. The molecule has 0 bridgehead atoms. The van der Waals surface area contributed by atoms with Gasteiger partial charge in [-0.3, -0.25) is 10.2 Å². The van der Waals surface area contributed by atoms with Gasteiger partial charge >= 0.3 is 0 Å². The van der Waals surface area contributed by atoms with Crippen LogP contribution in [0.4, 0.5) is 5.69 Å². The summed E-state index contributed by atoms with van der Waals surface area (Å²) in [6.45, 7) is 1.98. The van der Waals surface area contributed by atoms with Crippen LogP contribution in [0.5, 0.6) is 0 Å². The molecule has 0 saturated carbocycles. The first-order chi connectivity index (χ1) is 10.6. The van der Waals surface area contributed by atoms with Gasteiger partial charge in [0.2, 0.25) is 5.78 Å². The molecule has 0 radical (unpaired) electrons. The highest BCUT2D eigenvalue weighted by Crippen LogP contribution is 2.12. The second-order valence-corrected chi connectivity index (χ2v) is 5.51. The van der Waals surface area contributed by atoms with Gasteiger partial charge in [0.25, 0.3) is 0 Å². The van der Waals surface area contributed by atoms with Gasteiger partial charge in [-0.1, -0.05) is 28.1 Å². The number of benzene rings is 2. The number of aryl methyl sites for hydroxylation is 1. The molecule has 0 atom stereocenters. The zero-order valence-electron chi connectivity index (χ0n) is 12.0. The molecule has 3 N–H and O–H groups in total. The molecule has 0 aliphatic rings. The molecule has 0 unspecified atom stereocenters. The molecule has 22 heavy (non-hydrogen) atoms. The average Bonchev–Trinajstić information content (AvgIpc) is 2.51. The van der Waals surface area contributed by atoms with E-state index in [0.717, 1.165) is 15.7 Å². The van der Waals surface area contributed by atoms with E-state index in [2.05, 4.69) is 31.6 Å². The van der Waals surface area contributed by atoms with E-state index < -0.39 is 0 Å². The first kappa shape index (κ1) is 15.9. The van der Waals surface area contributed by atoms with Crippen LogP contribution in [0.2, 0.25) is 0 Å². The number of hydrogen-bond acceptors (Lipinski definition) is 5. The maximum Gasteiger partial charge on any atom is 0.214 e. The molecule has 0 fully saturated rings. The monoisotopic (exact) mass is 358 g/mol. The molecule has 2 aromatic rings. The van der Waals surface area contributed by atoms with Crippen molar-refractivity contribution < 1.29 is 4.79 Å². The van der Waals surface area contributed by atoms with E-state index in [1.54, 1.807) is 24.3 Å². The summed E-state index contributed by atoms with van der Waals surface area (Å²) in [6, 6.07) is 14.7. The molecule has 0 aromatic heterocycles. The maximum atomic E-state index is 12.4. The summed E-state index contributed by atoms with van der Waals surface area (Å²) in [6.07, 6.45) is 1.23. The summed E-state index contributed by atoms with van der Waals surface area (Å²) in [7, 11) is 0. The van der Waals surface area contributed by atoms with E-state index in [1.807, 2.05) is 31.2 Å². The smallest absolute Gasteiger partial charge is 0.214 e. The van der Waals surface area contributed by atoms with Crippen molar-refractivity contribution in [3.63, 3.8) is 0 Å². The van der Waals surface area contributed by atoms with Crippen molar-refractivity contribution in [3.05, 3.63) is 64.1 Å². The first-order valence-electron chi connectivity index (χ1n) is 6.54. The first-order valence-corrected chi connectivity index (χ1v) is 7.33. The lowest BCUT2D eigenvalue weighted by Crippen LogP contribution is -2.18. The fourth-order valence-electron chi connectivity index (χ4n) is 1.80. The predicted octanol–water partition coefficient (Wildman–Crippen LogP) is 3.35. The van der Waals surface area contributed by atoms with E-state index in [9.17, 15) is 4.79 Å². The fraction of sp³-hybridized carbons (Fsp3) is 0.0625. The van der Waals surface area contributed by atoms with Crippen molar-refractivity contribution in [2.45, 2.75) is 6.92 Å². The molecule has 0 amide bonds. The number of ketones is 1. The lowest BCUT2D eigenvalue weighted by molar-refractivity contribution is 0.106. The third-order valence-electron chi connectivity index (χ3n) is 2.86. The van der Waals surface area contributed by atoms with Crippen LogP contribution in [0.1, 0.15) is 15.9 Å². The van der Waals surface area contributed by atoms with Crippen LogP contribution < -0.4 is 11.3 Å². The second kappa shape index (κ2) is 7.51. The van der Waals surface area contributed by atoms with Crippen LogP contribution in [0.3, 0.4) is 0 Å². The molecule has 0 saturated heterocycles. The van der Waals surface area contributed by atoms with Crippen LogP contribution in [0, 0.1) is 6.92 Å². The van der Waals surface area contributed by atoms with Crippen LogP contribution >= 0.6 is 15.9 Å². The molecule has 6 heteroatoms. The normalized spacial score (nSPS) is 11.6. The number of Topliss-reactive ketones (excluding diaryl/α,β-unsaturated/α-hetero) is 1. The number of carbonyl (C=O) groups excluding carboxylic acids is 1. The number of carbonyl (C=O) groups is 1. The standard InChI is InChI=1S/C16H15BrN4O/c1-11-3-2-4-14(9-11)20-21-15(10-19-18)16(22)12-5-7-13(17)8-6-12/h2-10,20H,18H2,1H3/b19-10+,21-15+. The number of nitrogens with one attached hydrogen (secondary N) is 1. The fourth-order valence-corrected chi connectivity index (χ4v) is 2.06. The van der Waals surface area contributed by atoms with Crippen LogP contribution in [0.15, 0.2) is 63.2 Å². The Morgan fingerprint density at radius 1 is 1.23 bits per heavy atom. The summed E-state index contributed by atoms with van der Waals surface area (Å²) in [5.74, 6) is 4.90. The molecular formula is C16H15BrN4O. The molecule has 112 valence electrons. The van der Waals surface area contributed by atoms with E-state index in [4.69, 9.17) is 5.84 Å². The minimum atomic E-state index is -0.262. The number of nitrogens with zero attached hydrogens (tertiary/aromatic N) is 2. The number of hydrazone groups is 2. The van der Waals surface area contributed by atoms with Crippen molar-refractivity contribution in [1.82, 2.24) is 0 Å². The van der Waals surface area contributed by atoms with Crippen LogP contribution in [0.25, 0.3) is 0 Å². The van der Waals surface area contributed by atoms with Gasteiger partial charge in [-0.25, -0.2) is 0 Å². The Hall–Kier alpha value is -2.47. The van der Waals surface area contributed by atoms with Crippen LogP contribution in [-0.4, -0.2) is 17.7 Å². The average molecular weight is 359 g/mol. The maximum absolute atomic E-state index is 12.4. The molecule has 5 nitrogen and oxygen atoms in total. The zero-order chi connectivity index (χ0) is 15.9. The van der Waals surface area contributed by atoms with Gasteiger partial charge in [0, 0.05) is 10.0 Å². The van der Waals surface area contributed by atoms with Gasteiger partial charge in [-0.15, -0.1) is 0 Å². The van der Waals surface area contributed by atoms with Gasteiger partial charge in [-0.2, -0.15) is 10.2 Å². The van der Waals surface area contributed by atoms with Gasteiger partial charge in [0.1, 0.15) is 0 Å². The molecule has 2 aromatic carbocycles. The van der Waals surface area contributed by atoms with E-state index in [1.165, 1.54) is 6.21 Å². The van der Waals surface area contributed by atoms with Crippen molar-refractivity contribution in [3.8, 4) is 0 Å². The number of rotatable bonds is 5. The Morgan fingerprint density at radius 3 is 2.59 bits per heavy atom. The van der Waals surface area contributed by atoms with E-state index in [-0.39, 0.29) is 11.5 Å². The Kier molecular flexibility index (Phi) is 5.43. The number of anilines is 1. The second-order valence-electron chi connectivity index (χ2n) is 4.59. The quantitative estimate of drug-likeness (QED) is 0.372. The van der Waals surface area contributed by atoms with E-state index >= 15 is 0 Å². The van der Waals surface area contributed by atoms with Gasteiger partial charge in [-0.05, 0) is 48.9 Å². The predicted molar refractivity (Wildman–Crippen MR) is 93.4 cm³/mol. The zero-order valence-corrected chi connectivity index (χ0v) is 13.5. The summed E-state index contributed by atoms with van der Waals surface area (Å²) >= 11 is 3.33. The SMILES string of the molecule is Cc1cccc(N/N=C(\C=N\N)C(=O)c2ccc(Br)cc2)c1. The molecule has 0 aliphatic carbocycles. The lowest BCUT2D eigenvalue weighted by atomic mass is 10.1. The highest BCUT2D eigenvalue weighted by atomic mass is 79.9. The Labute approximate surface area is 137 Å². The molecule has 2 rings (SSSR count). The van der Waals surface area contributed by atoms with Gasteiger partial charge in [0.05, 0.1) is 11.9 Å². The topological polar surface area (TPSA) is 79.8 Å². The Balaban J connectivity index is 2.23. The summed E-state index contributed by atoms with van der Waals surface area (Å²) in [5.41, 5.74) is 5.36. The van der Waals surface area contributed by atoms with Crippen molar-refractivity contribution >= 4 is 39.3 Å². The molecular weight excluding hydrogens is 344 g/mol. The number of nitrogens with two attached hydrogens (primary N) is 1. The lowest BCUT2D eigenvalue weighted by Gasteiger charge is -2.04. The minimum absolute atomic E-state index is 0.131. The summed E-state index contributed by atoms with van der Waals surface area (Å²) in [5, 5.41) is 7.50. The van der Waals surface area contributed by atoms with Crippen molar-refractivity contribution in [2.24, 2.45) is 16.0 Å². The summed E-state index contributed by atoms with van der Waals surface area (Å²) < 4.78 is 0.896. The third-order valence-corrected chi connectivity index (χ3v) is 3.39. The summed E-state index contributed by atoms with van der Waals surface area (Å²) in [4.78, 5) is 12.4. The van der Waals surface area contributed by atoms with Gasteiger partial charge < -0.3 is 5.84 Å². The van der Waals surface area contributed by atoms with E-state index in [0.29, 0.717) is 5.56 Å². The number of hydrogen-bond donors (Lipinski definition) is 2. The van der Waals surface area contributed by atoms with Crippen molar-refractivity contribution in [1.29, 1.82) is 0 Å². The Morgan fingerprint density at radius 2 is 1.95 bits per heavy atom. The highest BCUT2D eigenvalue weighted by Gasteiger charge is 2.12. The molecule has 0 aliphatic heterocycles. The Bertz CT molecular complexity index is 723. The van der Waals surface area contributed by atoms with Gasteiger partial charge in [0.15, 0.2) is 5.71 Å². The van der Waals surface area contributed by atoms with Crippen molar-refractivity contribution in [2.75, 3.05) is 5.43 Å². The largest absolute Gasteiger partial charge is 0.323 e.